The number of ether oxygens (including phenoxy) is 2. The number of nitrogens with one attached hydrogen (secondary N) is 1. The van der Waals surface area contributed by atoms with E-state index in [-0.39, 0.29) is 10.7 Å². The maximum atomic E-state index is 12.0. The fraction of sp³-hybridized carbons (Fsp3) is 0.118. The van der Waals surface area contributed by atoms with E-state index >= 15 is 0 Å². The van der Waals surface area contributed by atoms with E-state index < -0.39 is 10.8 Å². The minimum Gasteiger partial charge on any atom is -0.497 e. The number of nitro benzene ring substituents is 1. The van der Waals surface area contributed by atoms with Gasteiger partial charge in [-0.15, -0.1) is 0 Å². The molecule has 0 saturated carbocycles. The lowest BCUT2D eigenvalue weighted by atomic mass is 10.2. The number of benzene rings is 2. The number of carbonyl (C=O) groups excluding carboxylic acids is 1. The molecule has 2 rings (SSSR count). The highest BCUT2D eigenvalue weighted by Crippen LogP contribution is 2.29. The van der Waals surface area contributed by atoms with E-state index in [2.05, 4.69) is 5.32 Å². The fourth-order valence-corrected chi connectivity index (χ4v) is 2.21. The van der Waals surface area contributed by atoms with Crippen LogP contribution in [0.2, 0.25) is 5.02 Å². The number of carbonyl (C=O) groups is 1. The maximum absolute atomic E-state index is 12.0. The van der Waals surface area contributed by atoms with Crippen molar-refractivity contribution in [3.8, 4) is 11.5 Å². The molecule has 0 radical (unpaired) electrons. The molecule has 1 amide bonds. The molecule has 2 aromatic carbocycles. The quantitative estimate of drug-likeness (QED) is 0.478. The first kappa shape index (κ1) is 18.3. The summed E-state index contributed by atoms with van der Waals surface area (Å²) >= 11 is 5.75. The zero-order valence-corrected chi connectivity index (χ0v) is 14.2. The van der Waals surface area contributed by atoms with E-state index in [1.54, 1.807) is 24.3 Å². The van der Waals surface area contributed by atoms with Crippen molar-refractivity contribution < 1.29 is 19.2 Å². The standard InChI is InChI=1S/C17H15ClN2O5/c1-24-12-5-7-14(16(10-12)25-2)19-17(21)8-4-11-3-6-13(18)15(9-11)20(22)23/h3-10H,1-2H3,(H,19,21). The summed E-state index contributed by atoms with van der Waals surface area (Å²) < 4.78 is 10.3. The Labute approximate surface area is 149 Å². The van der Waals surface area contributed by atoms with Crippen LogP contribution in [0.4, 0.5) is 11.4 Å². The lowest BCUT2D eigenvalue weighted by Gasteiger charge is -2.10. The van der Waals surface area contributed by atoms with Gasteiger partial charge in [0.25, 0.3) is 5.69 Å². The Hall–Kier alpha value is -3.06. The summed E-state index contributed by atoms with van der Waals surface area (Å²) in [6, 6.07) is 9.25. The van der Waals surface area contributed by atoms with Crippen molar-refractivity contribution in [2.75, 3.05) is 19.5 Å². The summed E-state index contributed by atoms with van der Waals surface area (Å²) in [4.78, 5) is 22.3. The van der Waals surface area contributed by atoms with Gasteiger partial charge in [-0.25, -0.2) is 0 Å². The van der Waals surface area contributed by atoms with Crippen molar-refractivity contribution >= 4 is 35.0 Å². The predicted octanol–water partition coefficient (Wildman–Crippen LogP) is 3.92. The zero-order valence-electron chi connectivity index (χ0n) is 13.5. The van der Waals surface area contributed by atoms with Crippen LogP contribution in [-0.2, 0) is 4.79 Å². The van der Waals surface area contributed by atoms with Crippen molar-refractivity contribution in [1.29, 1.82) is 0 Å². The SMILES string of the molecule is COc1ccc(NC(=O)C=Cc2ccc(Cl)c([N+](=O)[O-])c2)c(OC)c1. The van der Waals surface area contributed by atoms with E-state index in [0.717, 1.165) is 0 Å². The van der Waals surface area contributed by atoms with Gasteiger partial charge in [0.1, 0.15) is 16.5 Å². The third-order valence-electron chi connectivity index (χ3n) is 3.26. The Morgan fingerprint density at radius 3 is 2.60 bits per heavy atom. The van der Waals surface area contributed by atoms with Crippen molar-refractivity contribution in [1.82, 2.24) is 0 Å². The van der Waals surface area contributed by atoms with Gasteiger partial charge in [-0.2, -0.15) is 0 Å². The van der Waals surface area contributed by atoms with Crippen LogP contribution in [-0.4, -0.2) is 25.1 Å². The molecule has 0 heterocycles. The number of hydrogen-bond acceptors (Lipinski definition) is 5. The van der Waals surface area contributed by atoms with Gasteiger partial charge >= 0.3 is 0 Å². The first-order valence-electron chi connectivity index (χ1n) is 7.09. The van der Waals surface area contributed by atoms with Gasteiger partial charge in [-0.05, 0) is 29.8 Å². The van der Waals surface area contributed by atoms with Crippen LogP contribution in [0.25, 0.3) is 6.08 Å². The Bertz CT molecular complexity index is 836. The van der Waals surface area contributed by atoms with Crippen LogP contribution in [0, 0.1) is 10.1 Å². The first-order chi connectivity index (χ1) is 11.9. The highest BCUT2D eigenvalue weighted by molar-refractivity contribution is 6.32. The van der Waals surface area contributed by atoms with Gasteiger partial charge in [0.05, 0.1) is 24.8 Å². The molecule has 0 spiro atoms. The third kappa shape index (κ3) is 4.71. The van der Waals surface area contributed by atoms with Gasteiger partial charge in [-0.3, -0.25) is 14.9 Å². The molecule has 8 heteroatoms. The number of amides is 1. The molecule has 0 aliphatic carbocycles. The molecule has 0 saturated heterocycles. The summed E-state index contributed by atoms with van der Waals surface area (Å²) in [6.45, 7) is 0. The molecule has 0 aliphatic heterocycles. The van der Waals surface area contributed by atoms with E-state index in [0.29, 0.717) is 22.7 Å². The summed E-state index contributed by atoms with van der Waals surface area (Å²) in [6.07, 6.45) is 2.71. The molecule has 0 unspecified atom stereocenters. The largest absolute Gasteiger partial charge is 0.497 e. The second-order valence-corrected chi connectivity index (χ2v) is 5.26. The maximum Gasteiger partial charge on any atom is 0.288 e. The van der Waals surface area contributed by atoms with Crippen molar-refractivity contribution in [2.45, 2.75) is 0 Å². The number of nitrogens with zero attached hydrogens (tertiary/aromatic N) is 1. The zero-order chi connectivity index (χ0) is 18.4. The van der Waals surface area contributed by atoms with Gasteiger partial charge in [0.15, 0.2) is 0 Å². The number of anilines is 1. The van der Waals surface area contributed by atoms with E-state index in [4.69, 9.17) is 21.1 Å². The molecule has 130 valence electrons. The Morgan fingerprint density at radius 2 is 1.96 bits per heavy atom. The Balaban J connectivity index is 2.14. The van der Waals surface area contributed by atoms with E-state index in [1.807, 2.05) is 0 Å². The smallest absolute Gasteiger partial charge is 0.288 e. The molecule has 0 aromatic heterocycles. The number of nitro groups is 1. The minimum atomic E-state index is -0.581. The van der Waals surface area contributed by atoms with Crippen LogP contribution in [0.3, 0.4) is 0 Å². The van der Waals surface area contributed by atoms with Crippen molar-refractivity contribution in [3.05, 3.63) is 63.2 Å². The third-order valence-corrected chi connectivity index (χ3v) is 3.58. The molecule has 7 nitrogen and oxygen atoms in total. The van der Waals surface area contributed by atoms with Crippen molar-refractivity contribution in [2.24, 2.45) is 0 Å². The number of hydrogen-bond donors (Lipinski definition) is 1. The molecule has 2 aromatic rings. The van der Waals surface area contributed by atoms with Gasteiger partial charge in [0, 0.05) is 18.2 Å². The molecule has 25 heavy (non-hydrogen) atoms. The predicted molar refractivity (Wildman–Crippen MR) is 95.3 cm³/mol. The minimum absolute atomic E-state index is 0.0366. The lowest BCUT2D eigenvalue weighted by molar-refractivity contribution is -0.384. The summed E-state index contributed by atoms with van der Waals surface area (Å²) in [7, 11) is 3.01. The Morgan fingerprint density at radius 1 is 1.20 bits per heavy atom. The van der Waals surface area contributed by atoms with Crippen LogP contribution >= 0.6 is 11.6 Å². The van der Waals surface area contributed by atoms with Crippen molar-refractivity contribution in [3.63, 3.8) is 0 Å². The Kier molecular flexibility index (Phi) is 5.97. The fourth-order valence-electron chi connectivity index (χ4n) is 2.02. The highest BCUT2D eigenvalue weighted by Gasteiger charge is 2.12. The molecular formula is C17H15ClN2O5. The molecule has 0 bridgehead atoms. The number of rotatable bonds is 6. The first-order valence-corrected chi connectivity index (χ1v) is 7.47. The van der Waals surface area contributed by atoms with E-state index in [1.165, 1.54) is 38.5 Å². The number of halogens is 1. The normalized spacial score (nSPS) is 10.5. The molecule has 0 fully saturated rings. The van der Waals surface area contributed by atoms with Crippen LogP contribution in [0.5, 0.6) is 11.5 Å². The molecular weight excluding hydrogens is 348 g/mol. The van der Waals surface area contributed by atoms with Gasteiger partial charge < -0.3 is 14.8 Å². The lowest BCUT2D eigenvalue weighted by Crippen LogP contribution is -2.09. The number of methoxy groups -OCH3 is 2. The average molecular weight is 363 g/mol. The molecule has 1 N–H and O–H groups in total. The monoisotopic (exact) mass is 362 g/mol. The average Bonchev–Trinajstić information content (AvgIpc) is 2.61. The second-order valence-electron chi connectivity index (χ2n) is 4.86. The van der Waals surface area contributed by atoms with Crippen LogP contribution in [0.15, 0.2) is 42.5 Å². The highest BCUT2D eigenvalue weighted by atomic mass is 35.5. The van der Waals surface area contributed by atoms with Gasteiger partial charge in [-0.1, -0.05) is 17.7 Å². The van der Waals surface area contributed by atoms with Gasteiger partial charge in [0.2, 0.25) is 5.91 Å². The summed E-state index contributed by atoms with van der Waals surface area (Å²) in [5.74, 6) is 0.628. The summed E-state index contributed by atoms with van der Waals surface area (Å²) in [5, 5.41) is 13.6. The topological polar surface area (TPSA) is 90.7 Å². The van der Waals surface area contributed by atoms with E-state index in [9.17, 15) is 14.9 Å². The van der Waals surface area contributed by atoms with Crippen LogP contribution < -0.4 is 14.8 Å². The van der Waals surface area contributed by atoms with Crippen LogP contribution in [0.1, 0.15) is 5.56 Å². The second kappa shape index (κ2) is 8.16. The molecule has 0 atom stereocenters. The summed E-state index contributed by atoms with van der Waals surface area (Å²) in [5.41, 5.74) is 0.731. The molecule has 0 aliphatic rings.